The number of aliphatic carboxylic acids is 1. The van der Waals surface area contributed by atoms with Crippen molar-refractivity contribution in [2.75, 3.05) is 6.61 Å². The second kappa shape index (κ2) is 9.08. The molecule has 4 aliphatic carbocycles. The number of carbonyl (C=O) groups excluding carboxylic acids is 1. The summed E-state index contributed by atoms with van der Waals surface area (Å²) in [5, 5.41) is 8.86. The van der Waals surface area contributed by atoms with E-state index >= 15 is 0 Å². The van der Waals surface area contributed by atoms with E-state index in [0.29, 0.717) is 47.0 Å². The van der Waals surface area contributed by atoms with Gasteiger partial charge in [-0.25, -0.2) is 0 Å². The summed E-state index contributed by atoms with van der Waals surface area (Å²) in [5.41, 5.74) is 1.98. The lowest BCUT2D eigenvalue weighted by atomic mass is 9.47. The van der Waals surface area contributed by atoms with Gasteiger partial charge in [-0.15, -0.1) is 0 Å². The van der Waals surface area contributed by atoms with Crippen molar-refractivity contribution in [1.29, 1.82) is 0 Å². The van der Waals surface area contributed by atoms with Crippen LogP contribution < -0.4 is 0 Å². The predicted octanol–water partition coefficient (Wildman–Crippen LogP) is 6.13. The van der Waals surface area contributed by atoms with E-state index in [1.165, 1.54) is 31.3 Å². The van der Waals surface area contributed by atoms with Crippen molar-refractivity contribution in [3.05, 3.63) is 11.6 Å². The fraction of sp³-hybridized carbons (Fsp3) is 0.871. The van der Waals surface area contributed by atoms with E-state index in [4.69, 9.17) is 19.3 Å². The molecule has 0 aromatic heterocycles. The first-order chi connectivity index (χ1) is 17.6. The number of carbonyl (C=O) groups is 2. The van der Waals surface area contributed by atoms with Crippen molar-refractivity contribution in [2.24, 2.45) is 46.3 Å². The van der Waals surface area contributed by atoms with Crippen LogP contribution in [-0.2, 0) is 23.8 Å². The van der Waals surface area contributed by atoms with Crippen molar-refractivity contribution in [3.8, 4) is 0 Å². The fourth-order valence-electron chi connectivity index (χ4n) is 10.2. The van der Waals surface area contributed by atoms with Crippen LogP contribution in [0.4, 0.5) is 0 Å². The largest absolute Gasteiger partial charge is 0.481 e. The number of hydrogen-bond donors (Lipinski definition) is 1. The Balaban J connectivity index is 1.16. The van der Waals surface area contributed by atoms with E-state index in [2.05, 4.69) is 33.8 Å². The van der Waals surface area contributed by atoms with Crippen LogP contribution in [0, 0.1) is 46.3 Å². The summed E-state index contributed by atoms with van der Waals surface area (Å²) in [7, 11) is 0. The zero-order valence-electron chi connectivity index (χ0n) is 23.2. The van der Waals surface area contributed by atoms with Crippen LogP contribution in [-0.4, -0.2) is 41.6 Å². The second-order valence-corrected chi connectivity index (χ2v) is 14.0. The van der Waals surface area contributed by atoms with E-state index in [1.54, 1.807) is 0 Å². The molecule has 6 heteroatoms. The number of carboxylic acid groups (broad SMARTS) is 1. The summed E-state index contributed by atoms with van der Waals surface area (Å²) in [6, 6.07) is 0. The molecule has 1 N–H and O–H groups in total. The molecule has 2 saturated heterocycles. The lowest BCUT2D eigenvalue weighted by Crippen LogP contribution is -2.52. The number of carboxylic acids is 1. The number of esters is 1. The zero-order valence-corrected chi connectivity index (χ0v) is 23.2. The van der Waals surface area contributed by atoms with E-state index in [9.17, 15) is 9.59 Å². The van der Waals surface area contributed by atoms with Crippen molar-refractivity contribution >= 4 is 11.9 Å². The molecular formula is C31H46O6. The minimum Gasteiger partial charge on any atom is -0.481 e. The van der Waals surface area contributed by atoms with Gasteiger partial charge in [0.25, 0.3) is 0 Å². The predicted molar refractivity (Wildman–Crippen MR) is 138 cm³/mol. The van der Waals surface area contributed by atoms with E-state index in [-0.39, 0.29) is 36.1 Å². The van der Waals surface area contributed by atoms with Gasteiger partial charge in [-0.2, -0.15) is 0 Å². The summed E-state index contributed by atoms with van der Waals surface area (Å²) in [6.45, 7) is 10.6. The van der Waals surface area contributed by atoms with Crippen LogP contribution in [0.1, 0.15) is 98.3 Å². The van der Waals surface area contributed by atoms with Gasteiger partial charge in [-0.05, 0) is 85.4 Å². The normalized spacial score (nSPS) is 50.4. The summed E-state index contributed by atoms with van der Waals surface area (Å²) in [4.78, 5) is 23.0. The molecule has 5 fully saturated rings. The number of hydrogen-bond acceptors (Lipinski definition) is 5. The van der Waals surface area contributed by atoms with Crippen molar-refractivity contribution in [2.45, 2.75) is 116 Å². The first kappa shape index (κ1) is 25.9. The quantitative estimate of drug-likeness (QED) is 0.359. The van der Waals surface area contributed by atoms with E-state index in [1.807, 2.05) is 0 Å². The molecule has 6 nitrogen and oxygen atoms in total. The van der Waals surface area contributed by atoms with Gasteiger partial charge in [0.1, 0.15) is 6.10 Å². The number of allylic oxidation sites excluding steroid dienone is 1. The molecule has 7 unspecified atom stereocenters. The highest BCUT2D eigenvalue weighted by Crippen LogP contribution is 2.70. The minimum absolute atomic E-state index is 0.0404. The molecule has 2 aliphatic heterocycles. The molecule has 37 heavy (non-hydrogen) atoms. The Morgan fingerprint density at radius 3 is 2.62 bits per heavy atom. The Morgan fingerprint density at radius 2 is 1.89 bits per heavy atom. The van der Waals surface area contributed by atoms with Crippen LogP contribution in [0.2, 0.25) is 0 Å². The van der Waals surface area contributed by atoms with Gasteiger partial charge in [-0.3, -0.25) is 9.59 Å². The first-order valence-corrected chi connectivity index (χ1v) is 15.0. The molecule has 0 radical (unpaired) electrons. The standard InChI is InChI=1S/C31H46O6/c1-18-9-14-31(35-17-18)19(2)28-25(37-31)16-24-22-6-5-20-15-21(36-27(34)8-7-26(32)33)10-12-29(20,3)23(22)11-13-30(24,28)4/h5,18-19,21-25,28H,6-17H2,1-4H3,(H,32,33)/t18-,19?,21-,22?,23?,24?,25?,28?,29-,30-,31?/m0/s1. The first-order valence-electron chi connectivity index (χ1n) is 15.0. The van der Waals surface area contributed by atoms with Gasteiger partial charge in [0.15, 0.2) is 5.79 Å². The summed E-state index contributed by atoms with van der Waals surface area (Å²) in [6.07, 6.45) is 12.4. The highest BCUT2D eigenvalue weighted by molar-refractivity contribution is 5.76. The average Bonchev–Trinajstić information content (AvgIpc) is 3.30. The van der Waals surface area contributed by atoms with Crippen molar-refractivity contribution in [3.63, 3.8) is 0 Å². The SMILES string of the molecule is CC1C2C(CC3C4CC=C5C[C@@H](OC(=O)CCC(=O)O)CC[C@]5(C)C4CC[C@@]32C)OC12CC[C@H](C)CO2. The van der Waals surface area contributed by atoms with Crippen LogP contribution >= 0.6 is 0 Å². The monoisotopic (exact) mass is 514 g/mol. The van der Waals surface area contributed by atoms with Crippen LogP contribution in [0.3, 0.4) is 0 Å². The molecule has 6 rings (SSSR count). The number of rotatable bonds is 4. The Kier molecular flexibility index (Phi) is 6.34. The highest BCUT2D eigenvalue weighted by Gasteiger charge is 2.68. The van der Waals surface area contributed by atoms with Crippen LogP contribution in [0.5, 0.6) is 0 Å². The molecule has 3 saturated carbocycles. The Morgan fingerprint density at radius 1 is 1.08 bits per heavy atom. The number of ether oxygens (including phenoxy) is 3. The molecule has 2 heterocycles. The molecule has 0 bridgehead atoms. The van der Waals surface area contributed by atoms with E-state index in [0.717, 1.165) is 38.7 Å². The molecule has 0 aromatic rings. The number of fused-ring (bicyclic) bond motifs is 7. The molecule has 0 amide bonds. The Labute approximate surface area is 221 Å². The maximum Gasteiger partial charge on any atom is 0.306 e. The zero-order chi connectivity index (χ0) is 26.2. The topological polar surface area (TPSA) is 82.1 Å². The Hall–Kier alpha value is -1.40. The highest BCUT2D eigenvalue weighted by atomic mass is 16.7. The van der Waals surface area contributed by atoms with Crippen molar-refractivity contribution < 1.29 is 28.9 Å². The minimum atomic E-state index is -0.953. The molecule has 0 aromatic carbocycles. The van der Waals surface area contributed by atoms with Crippen LogP contribution in [0.15, 0.2) is 11.6 Å². The molecule has 206 valence electrons. The maximum atomic E-state index is 12.2. The van der Waals surface area contributed by atoms with E-state index < -0.39 is 5.97 Å². The summed E-state index contributed by atoms with van der Waals surface area (Å²) < 4.78 is 19.1. The van der Waals surface area contributed by atoms with Crippen LogP contribution in [0.25, 0.3) is 0 Å². The molecule has 1 spiro atoms. The second-order valence-electron chi connectivity index (χ2n) is 14.0. The van der Waals surface area contributed by atoms with Gasteiger partial charge in [0.05, 0.1) is 25.6 Å². The maximum absolute atomic E-state index is 12.2. The average molecular weight is 515 g/mol. The van der Waals surface area contributed by atoms with Gasteiger partial charge in [0, 0.05) is 18.8 Å². The van der Waals surface area contributed by atoms with Gasteiger partial charge in [0.2, 0.25) is 0 Å². The summed E-state index contributed by atoms with van der Waals surface area (Å²) >= 11 is 0. The molecular weight excluding hydrogens is 468 g/mol. The summed E-state index contributed by atoms with van der Waals surface area (Å²) in [5.74, 6) is 2.08. The Bertz CT molecular complexity index is 965. The van der Waals surface area contributed by atoms with Gasteiger partial charge < -0.3 is 19.3 Å². The fourth-order valence-corrected chi connectivity index (χ4v) is 10.2. The third-order valence-corrected chi connectivity index (χ3v) is 12.2. The smallest absolute Gasteiger partial charge is 0.306 e. The van der Waals surface area contributed by atoms with Gasteiger partial charge in [-0.1, -0.05) is 39.3 Å². The molecule has 6 aliphatic rings. The lowest BCUT2D eigenvalue weighted by molar-refractivity contribution is -0.272. The third-order valence-electron chi connectivity index (χ3n) is 12.2. The van der Waals surface area contributed by atoms with Gasteiger partial charge >= 0.3 is 11.9 Å². The lowest BCUT2D eigenvalue weighted by Gasteiger charge is -2.58. The van der Waals surface area contributed by atoms with Crippen molar-refractivity contribution in [1.82, 2.24) is 0 Å². The third kappa shape index (κ3) is 4.02. The molecule has 11 atom stereocenters.